The molecule has 0 aromatic heterocycles. The number of benzene rings is 1. The Morgan fingerprint density at radius 3 is 2.94 bits per heavy atom. The van der Waals surface area contributed by atoms with Gasteiger partial charge in [-0.15, -0.1) is 0 Å². The zero-order valence-corrected chi connectivity index (χ0v) is 9.38. The molecular formula is C11H10F2N4O. The Morgan fingerprint density at radius 2 is 2.28 bits per heavy atom. The number of hydrogen-bond donors (Lipinski definition) is 0. The lowest BCUT2D eigenvalue weighted by molar-refractivity contribution is -0.117. The van der Waals surface area contributed by atoms with Gasteiger partial charge in [-0.3, -0.25) is 4.79 Å². The summed E-state index contributed by atoms with van der Waals surface area (Å²) in [6.45, 7) is 0.474. The Bertz CT molecular complexity index is 528. The van der Waals surface area contributed by atoms with E-state index in [0.29, 0.717) is 0 Å². The van der Waals surface area contributed by atoms with Crippen LogP contribution in [0.4, 0.5) is 14.5 Å². The second-order valence-corrected chi connectivity index (χ2v) is 4.08. The van der Waals surface area contributed by atoms with Crippen molar-refractivity contribution in [1.82, 2.24) is 0 Å². The van der Waals surface area contributed by atoms with E-state index in [0.717, 1.165) is 12.1 Å². The molecule has 1 aliphatic rings. The fourth-order valence-corrected chi connectivity index (χ4v) is 1.99. The fourth-order valence-electron chi connectivity index (χ4n) is 1.99. The maximum atomic E-state index is 13.5. The van der Waals surface area contributed by atoms with E-state index in [1.165, 1.54) is 11.0 Å². The summed E-state index contributed by atoms with van der Waals surface area (Å²) in [4.78, 5) is 15.6. The SMILES string of the molecule is [N-]=[N+]=NCC1CC(=O)N(c2ccc(F)cc2F)C1. The number of azide groups is 1. The van der Waals surface area contributed by atoms with Gasteiger partial charge in [0, 0.05) is 30.5 Å². The summed E-state index contributed by atoms with van der Waals surface area (Å²) in [6.07, 6.45) is 0.204. The van der Waals surface area contributed by atoms with Gasteiger partial charge in [0.2, 0.25) is 5.91 Å². The predicted octanol–water partition coefficient (Wildman–Crippen LogP) is 2.63. The smallest absolute Gasteiger partial charge is 0.227 e. The second kappa shape index (κ2) is 5.01. The highest BCUT2D eigenvalue weighted by atomic mass is 19.1. The molecule has 0 radical (unpaired) electrons. The van der Waals surface area contributed by atoms with Crippen LogP contribution in [0, 0.1) is 17.6 Å². The van der Waals surface area contributed by atoms with Gasteiger partial charge < -0.3 is 4.90 Å². The molecule has 7 heteroatoms. The van der Waals surface area contributed by atoms with Crippen LogP contribution < -0.4 is 4.90 Å². The number of amides is 1. The molecule has 1 fully saturated rings. The standard InChI is InChI=1S/C11H10F2N4O/c12-8-1-2-10(9(13)4-8)17-6-7(3-11(17)18)5-15-16-14/h1-2,4,7H,3,5-6H2. The summed E-state index contributed by atoms with van der Waals surface area (Å²) in [5, 5.41) is 3.40. The molecule has 0 aliphatic carbocycles. The van der Waals surface area contributed by atoms with Crippen molar-refractivity contribution in [3.05, 3.63) is 40.3 Å². The summed E-state index contributed by atoms with van der Waals surface area (Å²) in [5.74, 6) is -1.84. The van der Waals surface area contributed by atoms with Crippen molar-refractivity contribution in [2.75, 3.05) is 18.0 Å². The van der Waals surface area contributed by atoms with Gasteiger partial charge in [0.05, 0.1) is 5.69 Å². The van der Waals surface area contributed by atoms with Crippen LogP contribution in [0.2, 0.25) is 0 Å². The average Bonchev–Trinajstić information content (AvgIpc) is 2.68. The molecule has 1 atom stereocenters. The van der Waals surface area contributed by atoms with Crippen LogP contribution in [0.15, 0.2) is 23.3 Å². The van der Waals surface area contributed by atoms with Crippen molar-refractivity contribution in [1.29, 1.82) is 0 Å². The van der Waals surface area contributed by atoms with Crippen molar-refractivity contribution in [2.24, 2.45) is 11.0 Å². The minimum atomic E-state index is -0.771. The lowest BCUT2D eigenvalue weighted by Gasteiger charge is -2.17. The normalized spacial score (nSPS) is 18.9. The number of anilines is 1. The molecule has 1 unspecified atom stereocenters. The molecule has 0 spiro atoms. The summed E-state index contributed by atoms with van der Waals surface area (Å²) < 4.78 is 26.3. The minimum absolute atomic E-state index is 0.0600. The van der Waals surface area contributed by atoms with E-state index < -0.39 is 11.6 Å². The van der Waals surface area contributed by atoms with E-state index in [1.807, 2.05) is 0 Å². The van der Waals surface area contributed by atoms with Crippen LogP contribution >= 0.6 is 0 Å². The van der Waals surface area contributed by atoms with Crippen molar-refractivity contribution in [2.45, 2.75) is 6.42 Å². The molecule has 1 amide bonds. The molecule has 1 aliphatic heterocycles. The van der Waals surface area contributed by atoms with E-state index in [-0.39, 0.29) is 37.0 Å². The summed E-state index contributed by atoms with van der Waals surface area (Å²) >= 11 is 0. The van der Waals surface area contributed by atoms with E-state index in [1.54, 1.807) is 0 Å². The van der Waals surface area contributed by atoms with Gasteiger partial charge in [-0.05, 0) is 23.6 Å². The molecule has 5 nitrogen and oxygen atoms in total. The monoisotopic (exact) mass is 252 g/mol. The zero-order valence-electron chi connectivity index (χ0n) is 9.38. The number of carbonyl (C=O) groups excluding carboxylic acids is 1. The third-order valence-electron chi connectivity index (χ3n) is 2.81. The van der Waals surface area contributed by atoms with Crippen LogP contribution in [0.25, 0.3) is 10.4 Å². The predicted molar refractivity (Wildman–Crippen MR) is 60.8 cm³/mol. The highest BCUT2D eigenvalue weighted by Gasteiger charge is 2.31. The van der Waals surface area contributed by atoms with Crippen molar-refractivity contribution in [3.63, 3.8) is 0 Å². The molecule has 0 saturated carbocycles. The molecule has 94 valence electrons. The van der Waals surface area contributed by atoms with Crippen LogP contribution in [0.1, 0.15) is 6.42 Å². The first-order valence-corrected chi connectivity index (χ1v) is 5.38. The maximum absolute atomic E-state index is 13.5. The zero-order chi connectivity index (χ0) is 13.1. The molecule has 18 heavy (non-hydrogen) atoms. The molecule has 0 N–H and O–H groups in total. The molecule has 1 aromatic rings. The number of carbonyl (C=O) groups is 1. The van der Waals surface area contributed by atoms with Gasteiger partial charge in [-0.2, -0.15) is 0 Å². The third-order valence-corrected chi connectivity index (χ3v) is 2.81. The van der Waals surface area contributed by atoms with E-state index in [2.05, 4.69) is 10.0 Å². The van der Waals surface area contributed by atoms with E-state index in [4.69, 9.17) is 5.53 Å². The van der Waals surface area contributed by atoms with Crippen LogP contribution in [-0.2, 0) is 4.79 Å². The van der Waals surface area contributed by atoms with Crippen molar-refractivity contribution >= 4 is 11.6 Å². The first kappa shape index (κ1) is 12.3. The Labute approximate surface area is 102 Å². The Morgan fingerprint density at radius 1 is 1.50 bits per heavy atom. The number of nitrogens with zero attached hydrogens (tertiary/aromatic N) is 4. The highest BCUT2D eigenvalue weighted by molar-refractivity contribution is 5.95. The lowest BCUT2D eigenvalue weighted by atomic mass is 10.1. The van der Waals surface area contributed by atoms with Crippen LogP contribution in [0.5, 0.6) is 0 Å². The van der Waals surface area contributed by atoms with Crippen molar-refractivity contribution in [3.8, 4) is 0 Å². The average molecular weight is 252 g/mol. The lowest BCUT2D eigenvalue weighted by Crippen LogP contribution is -2.25. The number of hydrogen-bond acceptors (Lipinski definition) is 2. The second-order valence-electron chi connectivity index (χ2n) is 4.08. The van der Waals surface area contributed by atoms with Gasteiger partial charge >= 0.3 is 0 Å². The number of rotatable bonds is 3. The molecule has 1 aromatic carbocycles. The van der Waals surface area contributed by atoms with Crippen LogP contribution in [0.3, 0.4) is 0 Å². The molecule has 1 heterocycles. The quantitative estimate of drug-likeness (QED) is 0.463. The van der Waals surface area contributed by atoms with E-state index >= 15 is 0 Å². The third kappa shape index (κ3) is 2.41. The molecule has 2 rings (SSSR count). The first-order valence-electron chi connectivity index (χ1n) is 5.38. The van der Waals surface area contributed by atoms with Gasteiger partial charge in [-0.1, -0.05) is 5.11 Å². The Balaban J connectivity index is 2.18. The van der Waals surface area contributed by atoms with Gasteiger partial charge in [0.15, 0.2) is 0 Å². The van der Waals surface area contributed by atoms with Gasteiger partial charge in [-0.25, -0.2) is 8.78 Å². The van der Waals surface area contributed by atoms with Gasteiger partial charge in [0.25, 0.3) is 0 Å². The largest absolute Gasteiger partial charge is 0.309 e. The van der Waals surface area contributed by atoms with Crippen LogP contribution in [-0.4, -0.2) is 19.0 Å². The summed E-state index contributed by atoms with van der Waals surface area (Å²) in [5.41, 5.74) is 8.27. The molecular weight excluding hydrogens is 242 g/mol. The Hall–Kier alpha value is -2.14. The first-order chi connectivity index (χ1) is 8.61. The summed E-state index contributed by atoms with van der Waals surface area (Å²) in [6, 6.07) is 3.08. The van der Waals surface area contributed by atoms with Gasteiger partial charge in [0.1, 0.15) is 11.6 Å². The fraction of sp³-hybridized carbons (Fsp3) is 0.364. The van der Waals surface area contributed by atoms with E-state index in [9.17, 15) is 13.6 Å². The Kier molecular flexibility index (Phi) is 3.43. The minimum Gasteiger partial charge on any atom is -0.309 e. The highest BCUT2D eigenvalue weighted by Crippen LogP contribution is 2.27. The topological polar surface area (TPSA) is 69.1 Å². The summed E-state index contributed by atoms with van der Waals surface area (Å²) in [7, 11) is 0. The number of halogens is 2. The molecule has 0 bridgehead atoms. The van der Waals surface area contributed by atoms with Crippen molar-refractivity contribution < 1.29 is 13.6 Å². The maximum Gasteiger partial charge on any atom is 0.227 e. The molecule has 1 saturated heterocycles.